The summed E-state index contributed by atoms with van der Waals surface area (Å²) in [6.45, 7) is 2.47. The molecule has 1 aromatic rings. The van der Waals surface area contributed by atoms with E-state index in [0.29, 0.717) is 0 Å². The van der Waals surface area contributed by atoms with Crippen molar-refractivity contribution in [3.8, 4) is 5.75 Å². The van der Waals surface area contributed by atoms with E-state index in [9.17, 15) is 0 Å². The number of likely N-dealkylation sites (tertiary alicyclic amines) is 1. The third kappa shape index (κ3) is 4.50. The fraction of sp³-hybridized carbons (Fsp3) is 0.625. The average Bonchev–Trinajstić information content (AvgIpc) is 2.91. The quantitative estimate of drug-likeness (QED) is 0.705. The molecule has 2 nitrogen and oxygen atoms in total. The predicted molar refractivity (Wildman–Crippen MR) is 84.3 cm³/mol. The first-order valence-electron chi connectivity index (χ1n) is 7.26. The molecule has 19 heavy (non-hydrogen) atoms. The molecule has 0 aromatic heterocycles. The molecule has 1 aliphatic heterocycles. The van der Waals surface area contributed by atoms with Crippen molar-refractivity contribution >= 4 is 15.9 Å². The fourth-order valence-electron chi connectivity index (χ4n) is 2.89. The number of alkyl halides is 1. The molecule has 0 radical (unpaired) electrons. The van der Waals surface area contributed by atoms with Crippen LogP contribution >= 0.6 is 15.9 Å². The summed E-state index contributed by atoms with van der Waals surface area (Å²) >= 11 is 3.54. The second kappa shape index (κ2) is 7.91. The molecule has 1 aromatic carbocycles. The van der Waals surface area contributed by atoms with Crippen LogP contribution in [0.4, 0.5) is 0 Å². The highest BCUT2D eigenvalue weighted by atomic mass is 79.9. The van der Waals surface area contributed by atoms with Crippen molar-refractivity contribution in [2.24, 2.45) is 0 Å². The largest absolute Gasteiger partial charge is 0.497 e. The molecule has 106 valence electrons. The molecule has 1 aliphatic rings. The molecule has 1 saturated heterocycles. The average molecular weight is 326 g/mol. The van der Waals surface area contributed by atoms with Gasteiger partial charge in [0.1, 0.15) is 5.75 Å². The number of nitrogens with zero attached hydrogens (tertiary/aromatic N) is 1. The van der Waals surface area contributed by atoms with Gasteiger partial charge in [-0.25, -0.2) is 0 Å². The lowest BCUT2D eigenvalue weighted by atomic mass is 10.1. The lowest BCUT2D eigenvalue weighted by molar-refractivity contribution is 0.245. The smallest absolute Gasteiger partial charge is 0.118 e. The number of methoxy groups -OCH3 is 1. The highest BCUT2D eigenvalue weighted by Crippen LogP contribution is 2.22. The van der Waals surface area contributed by atoms with Crippen LogP contribution in [0.1, 0.15) is 31.2 Å². The van der Waals surface area contributed by atoms with Crippen molar-refractivity contribution in [3.63, 3.8) is 0 Å². The first-order chi connectivity index (χ1) is 9.33. The van der Waals surface area contributed by atoms with Crippen molar-refractivity contribution in [1.29, 1.82) is 0 Å². The minimum absolute atomic E-state index is 0.816. The maximum atomic E-state index is 5.19. The first-order valence-corrected chi connectivity index (χ1v) is 8.38. The van der Waals surface area contributed by atoms with E-state index in [1.807, 2.05) is 0 Å². The Morgan fingerprint density at radius 1 is 1.32 bits per heavy atom. The lowest BCUT2D eigenvalue weighted by Crippen LogP contribution is -2.31. The van der Waals surface area contributed by atoms with Gasteiger partial charge in [-0.3, -0.25) is 0 Å². The lowest BCUT2D eigenvalue weighted by Gasteiger charge is -2.24. The van der Waals surface area contributed by atoms with Gasteiger partial charge in [0.25, 0.3) is 0 Å². The number of rotatable bonds is 7. The van der Waals surface area contributed by atoms with Crippen LogP contribution in [0.15, 0.2) is 24.3 Å². The fourth-order valence-corrected chi connectivity index (χ4v) is 3.22. The van der Waals surface area contributed by atoms with E-state index in [4.69, 9.17) is 4.74 Å². The Kier molecular flexibility index (Phi) is 6.18. The third-order valence-electron chi connectivity index (χ3n) is 4.02. The van der Waals surface area contributed by atoms with Crippen LogP contribution in [0.2, 0.25) is 0 Å². The van der Waals surface area contributed by atoms with Crippen molar-refractivity contribution in [3.05, 3.63) is 29.8 Å². The number of halogens is 1. The Morgan fingerprint density at radius 3 is 2.79 bits per heavy atom. The van der Waals surface area contributed by atoms with Crippen molar-refractivity contribution in [1.82, 2.24) is 4.90 Å². The maximum Gasteiger partial charge on any atom is 0.118 e. The Labute approximate surface area is 125 Å². The van der Waals surface area contributed by atoms with E-state index in [1.54, 1.807) is 7.11 Å². The Hall–Kier alpha value is -0.540. The van der Waals surface area contributed by atoms with Gasteiger partial charge in [0, 0.05) is 17.9 Å². The monoisotopic (exact) mass is 325 g/mol. The molecule has 0 saturated carbocycles. The van der Waals surface area contributed by atoms with Crippen LogP contribution < -0.4 is 4.74 Å². The molecule has 0 spiro atoms. The highest BCUT2D eigenvalue weighted by molar-refractivity contribution is 9.09. The minimum atomic E-state index is 0.816. The summed E-state index contributed by atoms with van der Waals surface area (Å²) in [5.41, 5.74) is 1.41. The van der Waals surface area contributed by atoms with Crippen LogP contribution in [-0.4, -0.2) is 36.5 Å². The number of hydrogen-bond acceptors (Lipinski definition) is 2. The zero-order valence-electron chi connectivity index (χ0n) is 11.8. The molecule has 0 N–H and O–H groups in total. The predicted octanol–water partition coefficient (Wildman–Crippen LogP) is 3.88. The van der Waals surface area contributed by atoms with Crippen LogP contribution in [0, 0.1) is 0 Å². The summed E-state index contributed by atoms with van der Waals surface area (Å²) < 4.78 is 5.19. The van der Waals surface area contributed by atoms with E-state index in [0.717, 1.165) is 23.5 Å². The number of hydrogen-bond donors (Lipinski definition) is 0. The summed E-state index contributed by atoms with van der Waals surface area (Å²) in [5, 5.41) is 1.13. The molecule has 1 fully saturated rings. The number of ether oxygens (including phenoxy) is 1. The van der Waals surface area contributed by atoms with Gasteiger partial charge < -0.3 is 9.64 Å². The topological polar surface area (TPSA) is 12.5 Å². The van der Waals surface area contributed by atoms with Gasteiger partial charge >= 0.3 is 0 Å². The second-order valence-corrected chi connectivity index (χ2v) is 6.05. The molecular formula is C16H24BrNO. The van der Waals surface area contributed by atoms with Gasteiger partial charge in [0.05, 0.1) is 7.11 Å². The van der Waals surface area contributed by atoms with Gasteiger partial charge in [-0.15, -0.1) is 0 Å². The van der Waals surface area contributed by atoms with Crippen LogP contribution in [0.3, 0.4) is 0 Å². The van der Waals surface area contributed by atoms with E-state index in [-0.39, 0.29) is 0 Å². The maximum absolute atomic E-state index is 5.19. The van der Waals surface area contributed by atoms with Crippen LogP contribution in [0.5, 0.6) is 5.75 Å². The SMILES string of the molecule is COc1ccc(CCN2CCCC2CCCBr)cc1. The summed E-state index contributed by atoms with van der Waals surface area (Å²) in [5.74, 6) is 0.945. The summed E-state index contributed by atoms with van der Waals surface area (Å²) in [7, 11) is 1.72. The normalized spacial score (nSPS) is 19.8. The van der Waals surface area contributed by atoms with E-state index < -0.39 is 0 Å². The zero-order valence-corrected chi connectivity index (χ0v) is 13.4. The zero-order chi connectivity index (χ0) is 13.5. The summed E-state index contributed by atoms with van der Waals surface area (Å²) in [4.78, 5) is 2.67. The van der Waals surface area contributed by atoms with Crippen LogP contribution in [0.25, 0.3) is 0 Å². The minimum Gasteiger partial charge on any atom is -0.497 e. The molecular weight excluding hydrogens is 302 g/mol. The van der Waals surface area contributed by atoms with Gasteiger partial charge in [0.15, 0.2) is 0 Å². The Morgan fingerprint density at radius 2 is 2.11 bits per heavy atom. The molecule has 3 heteroatoms. The highest BCUT2D eigenvalue weighted by Gasteiger charge is 2.23. The van der Waals surface area contributed by atoms with Gasteiger partial charge in [-0.05, 0) is 56.3 Å². The number of benzene rings is 1. The molecule has 1 unspecified atom stereocenters. The second-order valence-electron chi connectivity index (χ2n) is 5.26. The Bertz CT molecular complexity index is 366. The van der Waals surface area contributed by atoms with Gasteiger partial charge in [0.2, 0.25) is 0 Å². The standard InChI is InChI=1S/C16H24BrNO/c1-19-16-8-6-14(7-9-16)10-13-18-12-3-5-15(18)4-2-11-17/h6-9,15H,2-5,10-13H2,1H3. The first kappa shape index (κ1) is 14.9. The van der Waals surface area contributed by atoms with E-state index >= 15 is 0 Å². The Balaban J connectivity index is 1.80. The third-order valence-corrected chi connectivity index (χ3v) is 4.58. The molecule has 0 amide bonds. The van der Waals surface area contributed by atoms with Crippen molar-refractivity contribution < 1.29 is 4.74 Å². The molecule has 0 bridgehead atoms. The van der Waals surface area contributed by atoms with Gasteiger partial charge in [-0.2, -0.15) is 0 Å². The van der Waals surface area contributed by atoms with E-state index in [2.05, 4.69) is 45.1 Å². The molecule has 2 rings (SSSR count). The summed E-state index contributed by atoms with van der Waals surface area (Å²) in [6, 6.07) is 9.30. The van der Waals surface area contributed by atoms with Crippen molar-refractivity contribution in [2.75, 3.05) is 25.5 Å². The molecule has 1 heterocycles. The van der Waals surface area contributed by atoms with Gasteiger partial charge in [-0.1, -0.05) is 28.1 Å². The van der Waals surface area contributed by atoms with Crippen LogP contribution in [-0.2, 0) is 6.42 Å². The summed E-state index contributed by atoms with van der Waals surface area (Å²) in [6.07, 6.45) is 6.54. The van der Waals surface area contributed by atoms with Crippen molar-refractivity contribution in [2.45, 2.75) is 38.1 Å². The molecule has 1 atom stereocenters. The van der Waals surface area contributed by atoms with E-state index in [1.165, 1.54) is 44.3 Å². The molecule has 0 aliphatic carbocycles.